The second-order valence-corrected chi connectivity index (χ2v) is 1.61. The average Bonchev–Trinajstić information content (AvgIpc) is 1.35. The summed E-state index contributed by atoms with van der Waals surface area (Å²) < 4.78 is 4.02. The number of halogens is 1. The molecule has 0 aliphatic rings. The highest BCUT2D eigenvalue weighted by atomic mass is 35.5. The van der Waals surface area contributed by atoms with E-state index in [1.807, 2.05) is 0 Å². The summed E-state index contributed by atoms with van der Waals surface area (Å²) in [5, 5.41) is 0. The van der Waals surface area contributed by atoms with Crippen LogP contribution < -0.4 is 0 Å². The summed E-state index contributed by atoms with van der Waals surface area (Å²) in [6, 6.07) is -0.151. The maximum atomic E-state index is 7.90. The maximum absolute atomic E-state index is 7.90. The zero-order valence-electron chi connectivity index (χ0n) is 2.89. The molecule has 0 rings (SSSR count). The van der Waals surface area contributed by atoms with Crippen molar-refractivity contribution in [3.8, 4) is 0 Å². The molecule has 5 heteroatoms. The van der Waals surface area contributed by atoms with Gasteiger partial charge in [-0.15, -0.1) is 0 Å². The van der Waals surface area contributed by atoms with E-state index >= 15 is 0 Å². The molecule has 0 atom stereocenters. The van der Waals surface area contributed by atoms with E-state index in [1.54, 1.807) is 0 Å². The van der Waals surface area contributed by atoms with Gasteiger partial charge in [0, 0.05) is 0 Å². The number of alkyl halides is 1. The number of rotatable bonds is 2. The van der Waals surface area contributed by atoms with Crippen LogP contribution in [0.4, 0.5) is 0 Å². The summed E-state index contributed by atoms with van der Waals surface area (Å²) in [5.74, 6) is 0. The molecule has 1 radical (unpaired) electrons. The molecule has 0 heterocycles. The Kier molecular flexibility index (Phi) is 3.80. The highest BCUT2D eigenvalue weighted by molar-refractivity contribution is 6.34. The quantitative estimate of drug-likeness (QED) is 0.376. The fraction of sp³-hybridized carbons (Fsp3) is 1.00. The summed E-state index contributed by atoms with van der Waals surface area (Å²) in [6.07, 6.45) is 0. The first-order valence-electron chi connectivity index (χ1n) is 1.21. The summed E-state index contributed by atoms with van der Waals surface area (Å²) in [5.41, 5.74) is 0. The largest absolute Gasteiger partial charge is 0.572 e. The van der Waals surface area contributed by atoms with Crippen LogP contribution in [0.5, 0.6) is 0 Å². The van der Waals surface area contributed by atoms with Gasteiger partial charge in [-0.3, -0.25) is 0 Å². The summed E-state index contributed by atoms with van der Waals surface area (Å²) in [6.45, 7) is 0. The van der Waals surface area contributed by atoms with Gasteiger partial charge in [0.1, 0.15) is 6.07 Å². The topological polar surface area (TPSA) is 49.7 Å². The Hall–Kier alpha value is 0.387. The van der Waals surface area contributed by atoms with E-state index in [0.717, 1.165) is 0 Å². The summed E-state index contributed by atoms with van der Waals surface area (Å²) in [7, 11) is -2.52. The van der Waals surface area contributed by atoms with Crippen LogP contribution in [-0.4, -0.2) is 25.2 Å². The van der Waals surface area contributed by atoms with Crippen molar-refractivity contribution in [3.63, 3.8) is 0 Å². The van der Waals surface area contributed by atoms with Crippen LogP contribution in [0.3, 0.4) is 0 Å². The van der Waals surface area contributed by atoms with Crippen LogP contribution in [0.2, 0.25) is 0 Å². The molecule has 0 bridgehead atoms. The molecule has 0 aromatic heterocycles. The van der Waals surface area contributed by atoms with Crippen LogP contribution in [0.15, 0.2) is 0 Å². The van der Waals surface area contributed by atoms with E-state index in [1.165, 1.54) is 0 Å². The van der Waals surface area contributed by atoms with Gasteiger partial charge in [-0.1, -0.05) is 11.6 Å². The monoisotopic (exact) mass is 127 g/mol. The Bertz CT molecular complexity index is 32.0. The van der Waals surface area contributed by atoms with Crippen LogP contribution in [0.25, 0.3) is 0 Å². The van der Waals surface area contributed by atoms with Crippen molar-refractivity contribution >= 4 is 21.1 Å². The Labute approximate surface area is 42.1 Å². The summed E-state index contributed by atoms with van der Waals surface area (Å²) in [4.78, 5) is 15.8. The third kappa shape index (κ3) is 4.39. The minimum atomic E-state index is -2.52. The van der Waals surface area contributed by atoms with E-state index in [4.69, 9.17) is 21.2 Å². The standard InChI is InChI=1S/CH4ClO3Si/c2-1-5-6(3)4/h3-4H,1H2. The predicted octanol–water partition coefficient (Wildman–Crippen LogP) is -0.831. The molecule has 0 saturated heterocycles. The molecular formula is CH4ClO3Si. The fourth-order valence-electron chi connectivity index (χ4n) is 0.0488. The van der Waals surface area contributed by atoms with Gasteiger partial charge in [0.2, 0.25) is 0 Å². The van der Waals surface area contributed by atoms with Crippen LogP contribution in [-0.2, 0) is 4.43 Å². The van der Waals surface area contributed by atoms with Gasteiger partial charge in [0.15, 0.2) is 0 Å². The molecule has 0 spiro atoms. The van der Waals surface area contributed by atoms with Crippen LogP contribution >= 0.6 is 11.6 Å². The molecule has 0 unspecified atom stereocenters. The van der Waals surface area contributed by atoms with Gasteiger partial charge in [-0.2, -0.15) is 0 Å². The molecule has 3 nitrogen and oxygen atoms in total. The van der Waals surface area contributed by atoms with Crippen molar-refractivity contribution in [3.05, 3.63) is 0 Å². The first kappa shape index (κ1) is 6.39. The highest BCUT2D eigenvalue weighted by Gasteiger charge is 2.01. The van der Waals surface area contributed by atoms with Gasteiger partial charge in [0.05, 0.1) is 0 Å². The Balaban J connectivity index is 2.63. The van der Waals surface area contributed by atoms with Crippen molar-refractivity contribution in [2.75, 3.05) is 6.07 Å². The highest BCUT2D eigenvalue weighted by Crippen LogP contribution is 1.76. The van der Waals surface area contributed by atoms with Gasteiger partial charge in [0.25, 0.3) is 0 Å². The van der Waals surface area contributed by atoms with Crippen molar-refractivity contribution in [2.24, 2.45) is 0 Å². The second kappa shape index (κ2) is 3.57. The minimum absolute atomic E-state index is 0.151. The molecule has 0 saturated carbocycles. The second-order valence-electron chi connectivity index (χ2n) is 0.536. The lowest BCUT2D eigenvalue weighted by molar-refractivity contribution is 0.218. The molecule has 0 amide bonds. The van der Waals surface area contributed by atoms with E-state index in [9.17, 15) is 0 Å². The summed E-state index contributed by atoms with van der Waals surface area (Å²) >= 11 is 4.88. The lowest BCUT2D eigenvalue weighted by Crippen LogP contribution is -2.15. The van der Waals surface area contributed by atoms with Crippen molar-refractivity contribution in [1.29, 1.82) is 0 Å². The number of hydrogen-bond acceptors (Lipinski definition) is 3. The molecule has 0 aromatic rings. The zero-order chi connectivity index (χ0) is 4.99. The Morgan fingerprint density at radius 1 is 1.67 bits per heavy atom. The van der Waals surface area contributed by atoms with Crippen molar-refractivity contribution in [2.45, 2.75) is 0 Å². The molecule has 0 aliphatic carbocycles. The van der Waals surface area contributed by atoms with Crippen molar-refractivity contribution < 1.29 is 14.0 Å². The molecular weight excluding hydrogens is 124 g/mol. The third-order valence-electron chi connectivity index (χ3n) is 0.184. The first-order chi connectivity index (χ1) is 2.77. The lowest BCUT2D eigenvalue weighted by Gasteiger charge is -1.90. The van der Waals surface area contributed by atoms with Gasteiger partial charge < -0.3 is 14.0 Å². The zero-order valence-corrected chi connectivity index (χ0v) is 4.64. The minimum Gasteiger partial charge on any atom is -0.387 e. The molecule has 0 fully saturated rings. The predicted molar refractivity (Wildman–Crippen MR) is 22.0 cm³/mol. The normalized spacial score (nSPS) is 10.0. The Morgan fingerprint density at radius 3 is 2.17 bits per heavy atom. The molecule has 37 valence electrons. The van der Waals surface area contributed by atoms with Gasteiger partial charge >= 0.3 is 9.53 Å². The fourth-order valence-corrected chi connectivity index (χ4v) is 0.439. The van der Waals surface area contributed by atoms with Gasteiger partial charge in [-0.05, 0) is 0 Å². The van der Waals surface area contributed by atoms with Crippen molar-refractivity contribution in [1.82, 2.24) is 0 Å². The molecule has 6 heavy (non-hydrogen) atoms. The molecule has 2 N–H and O–H groups in total. The first-order valence-corrected chi connectivity index (χ1v) is 3.04. The average molecular weight is 128 g/mol. The van der Waals surface area contributed by atoms with E-state index in [-0.39, 0.29) is 6.07 Å². The maximum Gasteiger partial charge on any atom is 0.572 e. The van der Waals surface area contributed by atoms with Gasteiger partial charge in [-0.25, -0.2) is 0 Å². The molecule has 0 aromatic carbocycles. The van der Waals surface area contributed by atoms with Crippen LogP contribution in [0.1, 0.15) is 0 Å². The third-order valence-corrected chi connectivity index (χ3v) is 0.878. The smallest absolute Gasteiger partial charge is 0.387 e. The Morgan fingerprint density at radius 2 is 2.17 bits per heavy atom. The lowest BCUT2D eigenvalue weighted by atomic mass is 11.7. The number of hydrogen-bond donors (Lipinski definition) is 2. The van der Waals surface area contributed by atoms with E-state index in [2.05, 4.69) is 4.43 Å². The van der Waals surface area contributed by atoms with E-state index in [0.29, 0.717) is 0 Å². The van der Waals surface area contributed by atoms with E-state index < -0.39 is 9.53 Å². The van der Waals surface area contributed by atoms with Crippen LogP contribution in [0, 0.1) is 0 Å². The SMILES string of the molecule is O[Si](O)OCCl. The molecule has 0 aliphatic heterocycles.